The highest BCUT2D eigenvalue weighted by atomic mass is 28.4. The summed E-state index contributed by atoms with van der Waals surface area (Å²) in [6.45, 7) is 13.3. The second kappa shape index (κ2) is 10.00. The second-order valence-electron chi connectivity index (χ2n) is 9.65. The van der Waals surface area contributed by atoms with Gasteiger partial charge in [0.1, 0.15) is 17.0 Å². The summed E-state index contributed by atoms with van der Waals surface area (Å²) >= 11 is 0. The maximum absolute atomic E-state index is 12.7. The molecule has 12 heteroatoms. The van der Waals surface area contributed by atoms with Gasteiger partial charge in [0, 0.05) is 12.7 Å². The number of nitrogen functional groups attached to an aromatic ring is 1. The maximum Gasteiger partial charge on any atom is 0.355 e. The van der Waals surface area contributed by atoms with Gasteiger partial charge in [0.25, 0.3) is 5.91 Å². The average Bonchev–Trinajstić information content (AvgIpc) is 3.07. The lowest BCUT2D eigenvalue weighted by atomic mass is 10.2. The molecule has 0 bridgehead atoms. The number of nitrogens with zero attached hydrogens (tertiary/aromatic N) is 4. The molecule has 0 aliphatic carbocycles. The van der Waals surface area contributed by atoms with E-state index in [-0.39, 0.29) is 22.5 Å². The van der Waals surface area contributed by atoms with Crippen molar-refractivity contribution in [3.63, 3.8) is 0 Å². The summed E-state index contributed by atoms with van der Waals surface area (Å²) in [5, 5.41) is 0.579. The van der Waals surface area contributed by atoms with Crippen LogP contribution in [0.1, 0.15) is 47.3 Å². The molecule has 0 fully saturated rings. The van der Waals surface area contributed by atoms with Crippen LogP contribution >= 0.6 is 0 Å². The number of amides is 1. The molecule has 188 valence electrons. The van der Waals surface area contributed by atoms with Gasteiger partial charge in [-0.05, 0) is 42.8 Å². The van der Waals surface area contributed by atoms with Crippen LogP contribution in [0.15, 0.2) is 24.4 Å². The van der Waals surface area contributed by atoms with Crippen molar-refractivity contribution >= 4 is 43.0 Å². The normalized spacial score (nSPS) is 12.0. The number of aromatic nitrogens is 4. The molecule has 0 saturated heterocycles. The fourth-order valence-electron chi connectivity index (χ4n) is 3.39. The number of ether oxygens (including phenoxy) is 1. The Hall–Kier alpha value is -3.51. The molecule has 35 heavy (non-hydrogen) atoms. The van der Waals surface area contributed by atoms with E-state index in [1.165, 1.54) is 13.3 Å². The lowest BCUT2D eigenvalue weighted by molar-refractivity contribution is 0.0587. The van der Waals surface area contributed by atoms with Crippen LogP contribution in [-0.4, -0.2) is 53.4 Å². The zero-order valence-corrected chi connectivity index (χ0v) is 22.2. The van der Waals surface area contributed by atoms with Crippen molar-refractivity contribution in [3.05, 3.63) is 41.3 Å². The third-order valence-electron chi connectivity index (χ3n) is 6.32. The number of nitrogens with one attached hydrogen (secondary N) is 2. The van der Waals surface area contributed by atoms with Crippen molar-refractivity contribution < 1.29 is 18.8 Å². The topological polar surface area (TPSA) is 146 Å². The molecule has 3 aromatic heterocycles. The summed E-state index contributed by atoms with van der Waals surface area (Å²) in [5.41, 5.74) is 12.9. The number of anilines is 2. The molecule has 3 heterocycles. The molecule has 1 amide bonds. The molecule has 0 aliphatic heterocycles. The van der Waals surface area contributed by atoms with Crippen molar-refractivity contribution in [2.24, 2.45) is 0 Å². The van der Waals surface area contributed by atoms with Gasteiger partial charge in [-0.3, -0.25) is 20.6 Å². The van der Waals surface area contributed by atoms with Crippen molar-refractivity contribution in [1.29, 1.82) is 0 Å². The number of carbonyl (C=O) groups excluding carboxylic acids is 2. The fourth-order valence-corrected chi connectivity index (χ4v) is 4.42. The Labute approximate surface area is 205 Å². The Bertz CT molecular complexity index is 1240. The van der Waals surface area contributed by atoms with Crippen LogP contribution in [0.3, 0.4) is 0 Å². The number of carbonyl (C=O) groups is 2. The number of rotatable bonds is 8. The minimum atomic E-state index is -2.00. The Kier molecular flexibility index (Phi) is 7.46. The SMILES string of the molecule is COC(=O)c1c(C)c2c(NNC(=O)c3ccccn3)nc(N)nc2n1CCO[Si](C)(C)C(C)(C)C. The summed E-state index contributed by atoms with van der Waals surface area (Å²) in [7, 11) is -0.683. The first-order chi connectivity index (χ1) is 16.4. The third kappa shape index (κ3) is 5.43. The van der Waals surface area contributed by atoms with Crippen molar-refractivity contribution in [2.75, 3.05) is 24.9 Å². The molecule has 11 nitrogen and oxygen atoms in total. The molecule has 0 unspecified atom stereocenters. The number of hydrogen-bond donors (Lipinski definition) is 3. The maximum atomic E-state index is 12.7. The van der Waals surface area contributed by atoms with Crippen LogP contribution < -0.4 is 16.6 Å². The largest absolute Gasteiger partial charge is 0.464 e. The van der Waals surface area contributed by atoms with Gasteiger partial charge in [-0.25, -0.2) is 4.79 Å². The first-order valence-corrected chi connectivity index (χ1v) is 14.1. The van der Waals surface area contributed by atoms with Gasteiger partial charge in [-0.15, -0.1) is 0 Å². The minimum absolute atomic E-state index is 0.0208. The summed E-state index contributed by atoms with van der Waals surface area (Å²) in [6, 6.07) is 5.01. The van der Waals surface area contributed by atoms with E-state index in [0.29, 0.717) is 35.4 Å². The molecule has 0 radical (unpaired) electrons. The van der Waals surface area contributed by atoms with Crippen molar-refractivity contribution in [2.45, 2.75) is 52.4 Å². The van der Waals surface area contributed by atoms with E-state index in [2.05, 4.69) is 59.7 Å². The zero-order valence-electron chi connectivity index (χ0n) is 21.2. The fraction of sp³-hybridized carbons (Fsp3) is 0.435. The highest BCUT2D eigenvalue weighted by molar-refractivity contribution is 6.74. The van der Waals surface area contributed by atoms with E-state index in [1.807, 2.05) is 0 Å². The van der Waals surface area contributed by atoms with E-state index in [9.17, 15) is 9.59 Å². The van der Waals surface area contributed by atoms with Gasteiger partial charge in [0.05, 0.1) is 19.1 Å². The zero-order chi connectivity index (χ0) is 26.0. The molecule has 0 spiro atoms. The average molecular weight is 500 g/mol. The molecule has 0 atom stereocenters. The Morgan fingerprint density at radius 1 is 1.20 bits per heavy atom. The van der Waals surface area contributed by atoms with E-state index >= 15 is 0 Å². The van der Waals surface area contributed by atoms with Gasteiger partial charge in [-0.2, -0.15) is 9.97 Å². The van der Waals surface area contributed by atoms with E-state index in [1.54, 1.807) is 29.7 Å². The smallest absolute Gasteiger partial charge is 0.355 e. The molecule has 3 aromatic rings. The van der Waals surface area contributed by atoms with E-state index < -0.39 is 20.2 Å². The summed E-state index contributed by atoms with van der Waals surface area (Å²) in [5.74, 6) is -0.741. The quantitative estimate of drug-likeness (QED) is 0.241. The number of nitrogens with two attached hydrogens (primary N) is 1. The summed E-state index contributed by atoms with van der Waals surface area (Å²) < 4.78 is 13.1. The second-order valence-corrected chi connectivity index (χ2v) is 14.5. The highest BCUT2D eigenvalue weighted by Crippen LogP contribution is 2.37. The number of esters is 1. The number of hydrazine groups is 1. The van der Waals surface area contributed by atoms with E-state index in [4.69, 9.17) is 14.9 Å². The first-order valence-electron chi connectivity index (χ1n) is 11.2. The van der Waals surface area contributed by atoms with Gasteiger partial charge >= 0.3 is 5.97 Å². The molecular weight excluding hydrogens is 466 g/mol. The number of fused-ring (bicyclic) bond motifs is 1. The van der Waals surface area contributed by atoms with Crippen LogP contribution in [0.25, 0.3) is 11.0 Å². The predicted molar refractivity (Wildman–Crippen MR) is 136 cm³/mol. The van der Waals surface area contributed by atoms with Crippen LogP contribution in [-0.2, 0) is 15.7 Å². The summed E-state index contributed by atoms with van der Waals surface area (Å²) in [4.78, 5) is 37.9. The molecule has 0 aromatic carbocycles. The molecular formula is C23H33N7O4Si. The highest BCUT2D eigenvalue weighted by Gasteiger charge is 2.37. The summed E-state index contributed by atoms with van der Waals surface area (Å²) in [6.07, 6.45) is 1.52. The lowest BCUT2D eigenvalue weighted by Crippen LogP contribution is -2.41. The molecule has 3 rings (SSSR count). The van der Waals surface area contributed by atoms with Crippen LogP contribution in [0.5, 0.6) is 0 Å². The number of hydrogen-bond acceptors (Lipinski definition) is 9. The van der Waals surface area contributed by atoms with Gasteiger partial charge in [0.15, 0.2) is 14.1 Å². The molecule has 0 saturated carbocycles. The predicted octanol–water partition coefficient (Wildman–Crippen LogP) is 3.28. The Balaban J connectivity index is 1.98. The number of aryl methyl sites for hydroxylation is 1. The van der Waals surface area contributed by atoms with Gasteiger partial charge in [0.2, 0.25) is 5.95 Å². The van der Waals surface area contributed by atoms with Crippen molar-refractivity contribution in [3.8, 4) is 0 Å². The van der Waals surface area contributed by atoms with Gasteiger partial charge in [-0.1, -0.05) is 26.8 Å². The minimum Gasteiger partial charge on any atom is -0.464 e. The molecule has 4 N–H and O–H groups in total. The van der Waals surface area contributed by atoms with Crippen molar-refractivity contribution in [1.82, 2.24) is 24.9 Å². The standard InChI is InChI=1S/C23H33N7O4Si/c1-14-16-18(28-29-20(31)15-10-8-9-11-25-15)26-22(24)27-19(16)30(17(14)21(32)33-5)12-13-34-35(6,7)23(2,3)4/h8-11H,12-13H2,1-7H3,(H,29,31)(H3,24,26,27,28). The Morgan fingerprint density at radius 2 is 1.91 bits per heavy atom. The monoisotopic (exact) mass is 499 g/mol. The van der Waals surface area contributed by atoms with Crippen LogP contribution in [0, 0.1) is 6.92 Å². The Morgan fingerprint density at radius 3 is 2.51 bits per heavy atom. The lowest BCUT2D eigenvalue weighted by Gasteiger charge is -2.36. The van der Waals surface area contributed by atoms with E-state index in [0.717, 1.165) is 0 Å². The van der Waals surface area contributed by atoms with Crippen LogP contribution in [0.2, 0.25) is 18.1 Å². The molecule has 0 aliphatic rings. The number of pyridine rings is 1. The van der Waals surface area contributed by atoms with Crippen LogP contribution in [0.4, 0.5) is 11.8 Å². The first kappa shape index (κ1) is 26.1. The third-order valence-corrected chi connectivity index (χ3v) is 10.9. The van der Waals surface area contributed by atoms with Gasteiger partial charge < -0.3 is 19.5 Å². The number of methoxy groups -OCH3 is 1.